The molecule has 1 aliphatic rings. The van der Waals surface area contributed by atoms with Crippen LogP contribution in [0.4, 0.5) is 8.78 Å². The summed E-state index contributed by atoms with van der Waals surface area (Å²) in [7, 11) is 0. The molecule has 1 saturated carbocycles. The van der Waals surface area contributed by atoms with E-state index in [4.69, 9.17) is 11.6 Å². The average Bonchev–Trinajstić information content (AvgIpc) is 2.63. The van der Waals surface area contributed by atoms with Crippen LogP contribution in [-0.2, 0) is 6.42 Å². The average molecular weight is 412 g/mol. The number of H-pyrrole nitrogens is 1. The molecule has 6 nitrogen and oxygen atoms in total. The van der Waals surface area contributed by atoms with Crippen LogP contribution >= 0.6 is 11.6 Å². The summed E-state index contributed by atoms with van der Waals surface area (Å²) in [5.74, 6) is -3.71. The van der Waals surface area contributed by atoms with Gasteiger partial charge in [0.25, 0.3) is 5.91 Å². The van der Waals surface area contributed by atoms with E-state index in [1.807, 2.05) is 0 Å². The summed E-state index contributed by atoms with van der Waals surface area (Å²) in [5, 5.41) is 12.9. The number of carbonyl (C=O) groups is 1. The molecule has 3 N–H and O–H groups in total. The number of aromatic nitrogens is 2. The number of alkyl halides is 2. The van der Waals surface area contributed by atoms with Gasteiger partial charge in [-0.1, -0.05) is 17.7 Å². The van der Waals surface area contributed by atoms with Crippen molar-refractivity contribution in [1.82, 2.24) is 15.3 Å². The van der Waals surface area contributed by atoms with Gasteiger partial charge in [0.05, 0.1) is 10.6 Å². The number of aliphatic hydroxyl groups excluding tert-OH is 1. The van der Waals surface area contributed by atoms with E-state index < -0.39 is 29.7 Å². The van der Waals surface area contributed by atoms with E-state index in [1.165, 1.54) is 6.20 Å². The Morgan fingerprint density at radius 2 is 2.07 bits per heavy atom. The molecule has 9 heteroatoms. The van der Waals surface area contributed by atoms with E-state index in [1.54, 1.807) is 24.3 Å². The number of rotatable bonds is 5. The van der Waals surface area contributed by atoms with Crippen molar-refractivity contribution in [2.45, 2.75) is 44.3 Å². The first kappa shape index (κ1) is 20.4. The van der Waals surface area contributed by atoms with Crippen molar-refractivity contribution in [3.63, 3.8) is 0 Å². The second-order valence-corrected chi connectivity index (χ2v) is 7.41. The van der Waals surface area contributed by atoms with E-state index >= 15 is 0 Å². The van der Waals surface area contributed by atoms with E-state index in [9.17, 15) is 23.5 Å². The lowest BCUT2D eigenvalue weighted by molar-refractivity contribution is -0.0650. The fourth-order valence-corrected chi connectivity index (χ4v) is 3.50. The topological polar surface area (TPSA) is 95.1 Å². The monoisotopic (exact) mass is 411 g/mol. The highest BCUT2D eigenvalue weighted by Crippen LogP contribution is 2.37. The van der Waals surface area contributed by atoms with E-state index in [0.717, 1.165) is 5.56 Å². The zero-order valence-electron chi connectivity index (χ0n) is 14.9. The molecule has 2 aromatic rings. The Hall–Kier alpha value is -2.32. The number of carbonyl (C=O) groups excluding carboxylic acids is 1. The van der Waals surface area contributed by atoms with E-state index in [0.29, 0.717) is 12.1 Å². The molecule has 0 aliphatic heterocycles. The lowest BCUT2D eigenvalue weighted by Crippen LogP contribution is -2.42. The summed E-state index contributed by atoms with van der Waals surface area (Å²) in [6, 6.07) is 6.49. The SMILES string of the molecule is O=C(NC(O)C1CCC(F)(F)CC1)c1cc(Cc2ccnc(=O)[nH]2)ccc1Cl. The molecule has 0 saturated heterocycles. The summed E-state index contributed by atoms with van der Waals surface area (Å²) < 4.78 is 26.5. The molecular formula is C19H20ClF2N3O3. The van der Waals surface area contributed by atoms with Gasteiger partial charge in [0, 0.05) is 37.1 Å². The molecule has 28 heavy (non-hydrogen) atoms. The van der Waals surface area contributed by atoms with Crippen LogP contribution in [0.25, 0.3) is 0 Å². The number of nitrogens with one attached hydrogen (secondary N) is 2. The Balaban J connectivity index is 1.68. The maximum Gasteiger partial charge on any atom is 0.345 e. The third kappa shape index (κ3) is 5.14. The second kappa shape index (κ2) is 8.36. The standard InChI is InChI=1S/C19H20ClF2N3O3/c20-15-2-1-11(9-13-5-8-23-18(28)24-13)10-14(15)17(27)25-16(26)12-3-6-19(21,22)7-4-12/h1-2,5,8,10,12,16,26H,3-4,6-7,9H2,(H,25,27)(H,23,24,28). The summed E-state index contributed by atoms with van der Waals surface area (Å²) in [6.07, 6.45) is 0.197. The van der Waals surface area contributed by atoms with Gasteiger partial charge < -0.3 is 15.4 Å². The summed E-state index contributed by atoms with van der Waals surface area (Å²) in [5.41, 5.74) is 1.04. The molecule has 0 spiro atoms. The molecule has 0 bridgehead atoms. The number of benzene rings is 1. The third-order valence-corrected chi connectivity index (χ3v) is 5.22. The van der Waals surface area contributed by atoms with Crippen LogP contribution in [0.1, 0.15) is 47.3 Å². The molecule has 1 heterocycles. The first-order valence-electron chi connectivity index (χ1n) is 8.93. The second-order valence-electron chi connectivity index (χ2n) is 7.00. The van der Waals surface area contributed by atoms with Gasteiger partial charge >= 0.3 is 5.69 Å². The van der Waals surface area contributed by atoms with Gasteiger partial charge in [-0.3, -0.25) is 4.79 Å². The van der Waals surface area contributed by atoms with Gasteiger partial charge in [0.15, 0.2) is 0 Å². The minimum Gasteiger partial charge on any atom is -0.373 e. The maximum atomic E-state index is 13.3. The number of aromatic amines is 1. The van der Waals surface area contributed by atoms with Crippen LogP contribution in [0.2, 0.25) is 5.02 Å². The Bertz CT molecular complexity index is 909. The molecule has 1 atom stereocenters. The van der Waals surface area contributed by atoms with Crippen molar-refractivity contribution in [3.8, 4) is 0 Å². The van der Waals surface area contributed by atoms with Crippen molar-refractivity contribution in [2.75, 3.05) is 0 Å². The van der Waals surface area contributed by atoms with Gasteiger partial charge in [0.1, 0.15) is 6.23 Å². The number of amides is 1. The molecule has 0 radical (unpaired) electrons. The van der Waals surface area contributed by atoms with Crippen molar-refractivity contribution < 1.29 is 18.7 Å². The maximum absolute atomic E-state index is 13.3. The molecular weight excluding hydrogens is 392 g/mol. The lowest BCUT2D eigenvalue weighted by Gasteiger charge is -2.31. The van der Waals surface area contributed by atoms with E-state index in [2.05, 4.69) is 15.3 Å². The van der Waals surface area contributed by atoms with Gasteiger partial charge in [-0.25, -0.2) is 18.6 Å². The van der Waals surface area contributed by atoms with Crippen molar-refractivity contribution >= 4 is 17.5 Å². The predicted octanol–water partition coefficient (Wildman–Crippen LogP) is 2.89. The minimum atomic E-state index is -2.70. The van der Waals surface area contributed by atoms with Gasteiger partial charge in [-0.2, -0.15) is 0 Å². The molecule has 1 aliphatic carbocycles. The number of hydrogen-bond donors (Lipinski definition) is 3. The van der Waals surface area contributed by atoms with Crippen LogP contribution < -0.4 is 11.0 Å². The Morgan fingerprint density at radius 3 is 2.75 bits per heavy atom. The quantitative estimate of drug-likeness (QED) is 0.659. The van der Waals surface area contributed by atoms with Crippen molar-refractivity contribution in [3.05, 3.63) is 62.8 Å². The molecule has 150 valence electrons. The summed E-state index contributed by atoms with van der Waals surface area (Å²) in [4.78, 5) is 30.0. The van der Waals surface area contributed by atoms with Crippen molar-refractivity contribution in [1.29, 1.82) is 0 Å². The molecule has 1 unspecified atom stereocenters. The molecule has 3 rings (SSSR count). The van der Waals surface area contributed by atoms with E-state index in [-0.39, 0.29) is 36.3 Å². The minimum absolute atomic E-state index is 0.137. The molecule has 1 amide bonds. The molecule has 1 aromatic heterocycles. The first-order valence-corrected chi connectivity index (χ1v) is 9.31. The van der Waals surface area contributed by atoms with Crippen molar-refractivity contribution in [2.24, 2.45) is 5.92 Å². The van der Waals surface area contributed by atoms with Crippen LogP contribution in [0.5, 0.6) is 0 Å². The fourth-order valence-electron chi connectivity index (χ4n) is 3.29. The lowest BCUT2D eigenvalue weighted by atomic mass is 9.85. The van der Waals surface area contributed by atoms with Crippen LogP contribution in [0, 0.1) is 5.92 Å². The number of nitrogens with zero attached hydrogens (tertiary/aromatic N) is 1. The van der Waals surface area contributed by atoms with Gasteiger partial charge in [0.2, 0.25) is 5.92 Å². The van der Waals surface area contributed by atoms with Gasteiger partial charge in [-0.05, 0) is 36.6 Å². The zero-order valence-corrected chi connectivity index (χ0v) is 15.7. The first-order chi connectivity index (χ1) is 13.2. The van der Waals surface area contributed by atoms with Crippen LogP contribution in [0.15, 0.2) is 35.3 Å². The Morgan fingerprint density at radius 1 is 1.36 bits per heavy atom. The highest BCUT2D eigenvalue weighted by Gasteiger charge is 2.37. The van der Waals surface area contributed by atoms with Crippen LogP contribution in [0.3, 0.4) is 0 Å². The van der Waals surface area contributed by atoms with Gasteiger partial charge in [-0.15, -0.1) is 0 Å². The molecule has 1 fully saturated rings. The Kier molecular flexibility index (Phi) is 6.10. The molecule has 1 aromatic carbocycles. The fraction of sp³-hybridized carbons (Fsp3) is 0.421. The van der Waals surface area contributed by atoms with Crippen LogP contribution in [-0.4, -0.2) is 33.1 Å². The number of aliphatic hydroxyl groups is 1. The predicted molar refractivity (Wildman–Crippen MR) is 99.5 cm³/mol. The number of hydrogen-bond acceptors (Lipinski definition) is 4. The summed E-state index contributed by atoms with van der Waals surface area (Å²) >= 11 is 6.12. The third-order valence-electron chi connectivity index (χ3n) is 4.89. The largest absolute Gasteiger partial charge is 0.373 e. The zero-order chi connectivity index (χ0) is 20.3. The smallest absolute Gasteiger partial charge is 0.345 e. The highest BCUT2D eigenvalue weighted by molar-refractivity contribution is 6.33. The number of halogens is 3. The summed E-state index contributed by atoms with van der Waals surface area (Å²) in [6.45, 7) is 0. The Labute approximate surface area is 165 Å². The normalized spacial score (nSPS) is 17.9. The highest BCUT2D eigenvalue weighted by atomic mass is 35.5.